The smallest absolute Gasteiger partial charge is 0.330 e. The highest BCUT2D eigenvalue weighted by molar-refractivity contribution is 6.74. The number of aromatic nitrogens is 2. The SMILES string of the molecule is Cc1c(C(O)c2cccc3ccccc23)n(COCCO[Si](C)(C)C(C)(C)C)c(=O)[nH]c1=O. The molecule has 0 radical (unpaired) electrons. The van der Waals surface area contributed by atoms with Crippen LogP contribution in [0, 0.1) is 6.92 Å². The number of hydrogen-bond donors (Lipinski definition) is 2. The second-order valence-corrected chi connectivity index (χ2v) is 14.6. The van der Waals surface area contributed by atoms with Crippen LogP contribution in [-0.4, -0.2) is 36.2 Å². The van der Waals surface area contributed by atoms with E-state index in [1.54, 1.807) is 13.0 Å². The average Bonchev–Trinajstić information content (AvgIpc) is 2.75. The highest BCUT2D eigenvalue weighted by atomic mass is 28.4. The molecular formula is C25H34N2O5Si. The van der Waals surface area contributed by atoms with Gasteiger partial charge in [-0.05, 0) is 41.4 Å². The predicted octanol–water partition coefficient (Wildman–Crippen LogP) is 4.08. The van der Waals surface area contributed by atoms with Crippen LogP contribution in [0.3, 0.4) is 0 Å². The first-order valence-corrected chi connectivity index (χ1v) is 14.1. The van der Waals surface area contributed by atoms with E-state index >= 15 is 0 Å². The first-order chi connectivity index (χ1) is 15.4. The average molecular weight is 471 g/mol. The third-order valence-corrected chi connectivity index (χ3v) is 11.1. The van der Waals surface area contributed by atoms with E-state index in [1.807, 2.05) is 36.4 Å². The van der Waals surface area contributed by atoms with Gasteiger partial charge in [-0.25, -0.2) is 4.79 Å². The third kappa shape index (κ3) is 5.35. The number of benzene rings is 2. The number of aromatic amines is 1. The van der Waals surface area contributed by atoms with Crippen molar-refractivity contribution in [2.24, 2.45) is 0 Å². The highest BCUT2D eigenvalue weighted by Crippen LogP contribution is 2.36. The zero-order valence-corrected chi connectivity index (χ0v) is 21.3. The topological polar surface area (TPSA) is 93.6 Å². The maximum absolute atomic E-state index is 12.7. The zero-order valence-electron chi connectivity index (χ0n) is 20.3. The van der Waals surface area contributed by atoms with Crippen LogP contribution in [0.4, 0.5) is 0 Å². The van der Waals surface area contributed by atoms with Crippen molar-refractivity contribution >= 4 is 19.1 Å². The lowest BCUT2D eigenvalue weighted by Gasteiger charge is -2.36. The van der Waals surface area contributed by atoms with E-state index in [9.17, 15) is 14.7 Å². The summed E-state index contributed by atoms with van der Waals surface area (Å²) in [5.74, 6) is 0. The summed E-state index contributed by atoms with van der Waals surface area (Å²) in [4.78, 5) is 27.3. The van der Waals surface area contributed by atoms with Gasteiger partial charge >= 0.3 is 5.69 Å². The first kappa shape index (κ1) is 25.1. The Morgan fingerprint density at radius 2 is 1.73 bits per heavy atom. The van der Waals surface area contributed by atoms with Gasteiger partial charge in [-0.1, -0.05) is 63.2 Å². The summed E-state index contributed by atoms with van der Waals surface area (Å²) in [7, 11) is -1.90. The van der Waals surface area contributed by atoms with E-state index in [-0.39, 0.29) is 23.0 Å². The van der Waals surface area contributed by atoms with Crippen LogP contribution >= 0.6 is 0 Å². The fourth-order valence-corrected chi connectivity index (χ4v) is 4.56. The second kappa shape index (κ2) is 9.76. The Bertz CT molecular complexity index is 1230. The van der Waals surface area contributed by atoms with Crippen LogP contribution in [0.25, 0.3) is 10.8 Å². The van der Waals surface area contributed by atoms with Gasteiger partial charge in [0.15, 0.2) is 8.32 Å². The molecule has 7 nitrogen and oxygen atoms in total. The van der Waals surface area contributed by atoms with Crippen LogP contribution in [-0.2, 0) is 15.9 Å². The lowest BCUT2D eigenvalue weighted by Crippen LogP contribution is -2.41. The Balaban J connectivity index is 1.86. The molecule has 0 bridgehead atoms. The number of hydrogen-bond acceptors (Lipinski definition) is 5. The molecule has 1 heterocycles. The number of ether oxygens (including phenoxy) is 1. The van der Waals surface area contributed by atoms with Crippen LogP contribution in [0.1, 0.15) is 43.7 Å². The quantitative estimate of drug-likeness (QED) is 0.382. The summed E-state index contributed by atoms with van der Waals surface area (Å²) in [5.41, 5.74) is -0.0187. The molecule has 0 aliphatic carbocycles. The number of aliphatic hydroxyl groups excluding tert-OH is 1. The maximum atomic E-state index is 12.7. The van der Waals surface area contributed by atoms with Crippen molar-refractivity contribution in [2.75, 3.05) is 13.2 Å². The Morgan fingerprint density at radius 1 is 1.06 bits per heavy atom. The van der Waals surface area contributed by atoms with Crippen LogP contribution in [0.2, 0.25) is 18.1 Å². The molecular weight excluding hydrogens is 436 g/mol. The van der Waals surface area contributed by atoms with Crippen molar-refractivity contribution in [3.63, 3.8) is 0 Å². The van der Waals surface area contributed by atoms with E-state index in [4.69, 9.17) is 9.16 Å². The summed E-state index contributed by atoms with van der Waals surface area (Å²) in [5, 5.41) is 13.2. The molecule has 0 fully saturated rings. The number of nitrogens with zero attached hydrogens (tertiary/aromatic N) is 1. The summed E-state index contributed by atoms with van der Waals surface area (Å²) in [6.45, 7) is 13.0. The normalized spacial score (nSPS) is 13.4. The largest absolute Gasteiger partial charge is 0.414 e. The molecule has 0 aliphatic rings. The van der Waals surface area contributed by atoms with Gasteiger partial charge in [-0.15, -0.1) is 0 Å². The van der Waals surface area contributed by atoms with Gasteiger partial charge in [0.2, 0.25) is 0 Å². The molecule has 0 saturated heterocycles. The monoisotopic (exact) mass is 470 g/mol. The van der Waals surface area contributed by atoms with Crippen molar-refractivity contribution in [3.05, 3.63) is 80.1 Å². The van der Waals surface area contributed by atoms with Gasteiger partial charge in [0.1, 0.15) is 12.8 Å². The van der Waals surface area contributed by atoms with Crippen molar-refractivity contribution in [2.45, 2.75) is 58.7 Å². The second-order valence-electron chi connectivity index (χ2n) is 9.81. The molecule has 178 valence electrons. The summed E-state index contributed by atoms with van der Waals surface area (Å²) >= 11 is 0. The molecule has 8 heteroatoms. The fourth-order valence-electron chi connectivity index (χ4n) is 3.53. The molecule has 1 atom stereocenters. The number of rotatable bonds is 8. The van der Waals surface area contributed by atoms with E-state index < -0.39 is 25.7 Å². The molecule has 3 aromatic rings. The standard InChI is InChI=1S/C25H34N2O5Si/c1-17-21(22(28)20-13-9-11-18-10-7-8-12-19(18)20)27(24(30)26-23(17)29)16-31-14-15-32-33(5,6)25(2,3)4/h7-13,22,28H,14-16H2,1-6H3,(H,26,29,30). The number of aliphatic hydroxyl groups is 1. The van der Waals surface area contributed by atoms with Crippen molar-refractivity contribution in [3.8, 4) is 0 Å². The van der Waals surface area contributed by atoms with Crippen LogP contribution < -0.4 is 11.2 Å². The molecule has 2 aromatic carbocycles. The van der Waals surface area contributed by atoms with Gasteiger partial charge in [0.25, 0.3) is 5.56 Å². The van der Waals surface area contributed by atoms with Gasteiger partial charge in [-0.2, -0.15) is 0 Å². The van der Waals surface area contributed by atoms with Gasteiger partial charge in [0.05, 0.1) is 18.9 Å². The van der Waals surface area contributed by atoms with Gasteiger partial charge < -0.3 is 14.3 Å². The summed E-state index contributed by atoms with van der Waals surface area (Å²) < 4.78 is 13.2. The molecule has 2 N–H and O–H groups in total. The van der Waals surface area contributed by atoms with Crippen molar-refractivity contribution in [1.29, 1.82) is 0 Å². The lowest BCUT2D eigenvalue weighted by molar-refractivity contribution is 0.0428. The van der Waals surface area contributed by atoms with Crippen LogP contribution in [0.15, 0.2) is 52.1 Å². The Morgan fingerprint density at radius 3 is 2.42 bits per heavy atom. The molecule has 1 aromatic heterocycles. The Kier molecular flexibility index (Phi) is 7.43. The Hall–Kier alpha value is -2.52. The van der Waals surface area contributed by atoms with Gasteiger partial charge in [0, 0.05) is 5.56 Å². The maximum Gasteiger partial charge on any atom is 0.330 e. The third-order valence-electron chi connectivity index (χ3n) is 6.58. The Labute approximate surface area is 195 Å². The molecule has 0 saturated carbocycles. The lowest BCUT2D eigenvalue weighted by atomic mass is 9.97. The number of fused-ring (bicyclic) bond motifs is 1. The van der Waals surface area contributed by atoms with Crippen LogP contribution in [0.5, 0.6) is 0 Å². The molecule has 0 aliphatic heterocycles. The molecule has 3 rings (SSSR count). The zero-order chi connectivity index (χ0) is 24.4. The van der Waals surface area contributed by atoms with E-state index in [2.05, 4.69) is 38.8 Å². The molecule has 0 amide bonds. The molecule has 33 heavy (non-hydrogen) atoms. The van der Waals surface area contributed by atoms with E-state index in [1.165, 1.54) is 4.57 Å². The summed E-state index contributed by atoms with van der Waals surface area (Å²) in [6, 6.07) is 13.3. The minimum Gasteiger partial charge on any atom is -0.414 e. The van der Waals surface area contributed by atoms with Crippen molar-refractivity contribution in [1.82, 2.24) is 9.55 Å². The summed E-state index contributed by atoms with van der Waals surface area (Å²) in [6.07, 6.45) is -1.17. The number of nitrogens with one attached hydrogen (secondary N) is 1. The minimum absolute atomic E-state index is 0.0930. The van der Waals surface area contributed by atoms with E-state index in [0.717, 1.165) is 10.8 Å². The van der Waals surface area contributed by atoms with Gasteiger partial charge in [-0.3, -0.25) is 14.3 Å². The predicted molar refractivity (Wildman–Crippen MR) is 133 cm³/mol. The van der Waals surface area contributed by atoms with E-state index in [0.29, 0.717) is 18.8 Å². The first-order valence-electron chi connectivity index (χ1n) is 11.1. The fraction of sp³-hybridized carbons (Fsp3) is 0.440. The minimum atomic E-state index is -1.90. The molecule has 1 unspecified atom stereocenters. The number of H-pyrrole nitrogens is 1. The van der Waals surface area contributed by atoms with Crippen molar-refractivity contribution < 1.29 is 14.3 Å². The molecule has 0 spiro atoms. The highest BCUT2D eigenvalue weighted by Gasteiger charge is 2.36.